The maximum Gasteiger partial charge on any atom is 0.221 e. The highest BCUT2D eigenvalue weighted by molar-refractivity contribution is 5.75. The minimum Gasteiger partial charge on any atom is -0.356 e. The number of nitrogens with zero attached hydrogens (tertiary/aromatic N) is 1. The summed E-state index contributed by atoms with van der Waals surface area (Å²) >= 11 is 0. The Kier molecular flexibility index (Phi) is 7.11. The van der Waals surface area contributed by atoms with Crippen molar-refractivity contribution in [2.75, 3.05) is 26.7 Å². The van der Waals surface area contributed by atoms with E-state index in [-0.39, 0.29) is 5.91 Å². The van der Waals surface area contributed by atoms with Crippen LogP contribution in [0.3, 0.4) is 0 Å². The molecule has 0 atom stereocenters. The van der Waals surface area contributed by atoms with Crippen LogP contribution >= 0.6 is 0 Å². The second-order valence-corrected chi connectivity index (χ2v) is 4.59. The van der Waals surface area contributed by atoms with E-state index in [2.05, 4.69) is 41.4 Å². The summed E-state index contributed by atoms with van der Waals surface area (Å²) in [6.07, 6.45) is 2.62. The third-order valence-corrected chi connectivity index (χ3v) is 3.07. The number of rotatable bonds is 8. The van der Waals surface area contributed by atoms with Crippen LogP contribution in [0.1, 0.15) is 25.3 Å². The molecule has 0 saturated heterocycles. The number of nitrogens with one attached hydrogen (secondary N) is 1. The predicted octanol–water partition coefficient (Wildman–Crippen LogP) is 2.08. The van der Waals surface area contributed by atoms with Gasteiger partial charge in [0.2, 0.25) is 5.91 Å². The maximum absolute atomic E-state index is 11.5. The van der Waals surface area contributed by atoms with Gasteiger partial charge in [0.1, 0.15) is 0 Å². The molecule has 0 aliphatic carbocycles. The van der Waals surface area contributed by atoms with Gasteiger partial charge in [-0.3, -0.25) is 4.79 Å². The van der Waals surface area contributed by atoms with Gasteiger partial charge < -0.3 is 10.2 Å². The molecular weight excluding hydrogens is 224 g/mol. The molecule has 0 fully saturated rings. The monoisotopic (exact) mass is 248 g/mol. The summed E-state index contributed by atoms with van der Waals surface area (Å²) in [5.41, 5.74) is 1.33. The average Bonchev–Trinajstić information content (AvgIpc) is 2.42. The molecule has 0 spiro atoms. The van der Waals surface area contributed by atoms with Crippen LogP contribution in [0.4, 0.5) is 0 Å². The van der Waals surface area contributed by atoms with Crippen molar-refractivity contribution in [2.45, 2.75) is 26.2 Å². The number of hydrogen-bond donors (Lipinski definition) is 1. The van der Waals surface area contributed by atoms with Crippen molar-refractivity contribution in [3.8, 4) is 0 Å². The molecule has 1 aromatic rings. The van der Waals surface area contributed by atoms with Crippen molar-refractivity contribution < 1.29 is 4.79 Å². The van der Waals surface area contributed by atoms with Crippen LogP contribution < -0.4 is 5.32 Å². The fourth-order valence-corrected chi connectivity index (χ4v) is 1.70. The molecule has 3 nitrogen and oxygen atoms in total. The van der Waals surface area contributed by atoms with Gasteiger partial charge in [-0.15, -0.1) is 0 Å². The first kappa shape index (κ1) is 14.7. The molecule has 1 N–H and O–H groups in total. The lowest BCUT2D eigenvalue weighted by atomic mass is 10.1. The van der Waals surface area contributed by atoms with Crippen LogP contribution in [0.5, 0.6) is 0 Å². The van der Waals surface area contributed by atoms with E-state index in [9.17, 15) is 4.79 Å². The molecule has 0 bridgehead atoms. The van der Waals surface area contributed by atoms with Crippen LogP contribution in [0, 0.1) is 0 Å². The van der Waals surface area contributed by atoms with E-state index < -0.39 is 0 Å². The van der Waals surface area contributed by atoms with E-state index in [1.54, 1.807) is 0 Å². The Morgan fingerprint density at radius 1 is 1.28 bits per heavy atom. The van der Waals surface area contributed by atoms with Gasteiger partial charge in [0.15, 0.2) is 0 Å². The zero-order valence-electron chi connectivity index (χ0n) is 11.5. The lowest BCUT2D eigenvalue weighted by Crippen LogP contribution is -2.29. The van der Waals surface area contributed by atoms with E-state index in [0.717, 1.165) is 32.5 Å². The maximum atomic E-state index is 11.5. The Bertz CT molecular complexity index is 338. The molecule has 0 radical (unpaired) electrons. The van der Waals surface area contributed by atoms with Crippen LogP contribution in [0.15, 0.2) is 30.3 Å². The Morgan fingerprint density at radius 3 is 2.67 bits per heavy atom. The summed E-state index contributed by atoms with van der Waals surface area (Å²) in [7, 11) is 2.03. The van der Waals surface area contributed by atoms with Crippen molar-refractivity contribution in [1.82, 2.24) is 10.2 Å². The third-order valence-electron chi connectivity index (χ3n) is 3.07. The second kappa shape index (κ2) is 8.70. The van der Waals surface area contributed by atoms with Crippen molar-refractivity contribution in [3.05, 3.63) is 35.9 Å². The minimum atomic E-state index is 0.156. The Morgan fingerprint density at radius 2 is 2.00 bits per heavy atom. The number of carbonyl (C=O) groups is 1. The zero-order valence-corrected chi connectivity index (χ0v) is 11.5. The highest BCUT2D eigenvalue weighted by Gasteiger charge is 2.02. The standard InChI is InChI=1S/C15H24N2O/c1-3-17(2)13-11-15(18)16-12-7-10-14-8-5-4-6-9-14/h4-6,8-9H,3,7,10-13H2,1-2H3,(H,16,18). The molecule has 18 heavy (non-hydrogen) atoms. The molecule has 0 aliphatic heterocycles. The van der Waals surface area contributed by atoms with Gasteiger partial charge >= 0.3 is 0 Å². The molecule has 0 saturated carbocycles. The molecule has 0 unspecified atom stereocenters. The lowest BCUT2D eigenvalue weighted by Gasteiger charge is -2.13. The number of amides is 1. The number of aryl methyl sites for hydroxylation is 1. The van der Waals surface area contributed by atoms with Gasteiger partial charge in [0.25, 0.3) is 0 Å². The van der Waals surface area contributed by atoms with E-state index in [4.69, 9.17) is 0 Å². The molecule has 1 amide bonds. The highest BCUT2D eigenvalue weighted by atomic mass is 16.1. The van der Waals surface area contributed by atoms with Crippen molar-refractivity contribution in [3.63, 3.8) is 0 Å². The van der Waals surface area contributed by atoms with Crippen LogP contribution in [0.2, 0.25) is 0 Å². The summed E-state index contributed by atoms with van der Waals surface area (Å²) in [4.78, 5) is 13.7. The number of carbonyl (C=O) groups excluding carboxylic acids is 1. The Hall–Kier alpha value is -1.35. The molecule has 0 aliphatic rings. The third kappa shape index (κ3) is 6.40. The van der Waals surface area contributed by atoms with E-state index in [1.807, 2.05) is 13.1 Å². The second-order valence-electron chi connectivity index (χ2n) is 4.59. The SMILES string of the molecule is CCN(C)CCC(=O)NCCCc1ccccc1. The first-order chi connectivity index (χ1) is 8.72. The van der Waals surface area contributed by atoms with Gasteiger partial charge in [-0.1, -0.05) is 37.3 Å². The average molecular weight is 248 g/mol. The lowest BCUT2D eigenvalue weighted by molar-refractivity contribution is -0.121. The van der Waals surface area contributed by atoms with Gasteiger partial charge in [0, 0.05) is 19.5 Å². The summed E-state index contributed by atoms with van der Waals surface area (Å²) in [6, 6.07) is 10.4. The van der Waals surface area contributed by atoms with Gasteiger partial charge in [-0.2, -0.15) is 0 Å². The summed E-state index contributed by atoms with van der Waals surface area (Å²) in [5.74, 6) is 0.156. The predicted molar refractivity (Wildman–Crippen MR) is 75.6 cm³/mol. The zero-order chi connectivity index (χ0) is 13.2. The number of benzene rings is 1. The van der Waals surface area contributed by atoms with Gasteiger partial charge in [-0.25, -0.2) is 0 Å². The molecule has 1 rings (SSSR count). The Labute approximate surface area is 110 Å². The van der Waals surface area contributed by atoms with Crippen molar-refractivity contribution >= 4 is 5.91 Å². The first-order valence-corrected chi connectivity index (χ1v) is 6.71. The molecule has 0 heterocycles. The molecule has 3 heteroatoms. The van der Waals surface area contributed by atoms with Crippen molar-refractivity contribution in [1.29, 1.82) is 0 Å². The quantitative estimate of drug-likeness (QED) is 0.714. The van der Waals surface area contributed by atoms with Crippen LogP contribution in [-0.4, -0.2) is 37.5 Å². The van der Waals surface area contributed by atoms with Crippen molar-refractivity contribution in [2.24, 2.45) is 0 Å². The largest absolute Gasteiger partial charge is 0.356 e. The normalized spacial score (nSPS) is 10.6. The number of hydrogen-bond acceptors (Lipinski definition) is 2. The van der Waals surface area contributed by atoms with Crippen LogP contribution in [-0.2, 0) is 11.2 Å². The molecule has 0 aromatic heterocycles. The minimum absolute atomic E-state index is 0.156. The van der Waals surface area contributed by atoms with E-state index in [1.165, 1.54) is 5.56 Å². The summed E-state index contributed by atoms with van der Waals surface area (Å²) in [6.45, 7) is 4.68. The smallest absolute Gasteiger partial charge is 0.221 e. The molecular formula is C15H24N2O. The van der Waals surface area contributed by atoms with Gasteiger partial charge in [0.05, 0.1) is 0 Å². The van der Waals surface area contributed by atoms with E-state index in [0.29, 0.717) is 6.42 Å². The highest BCUT2D eigenvalue weighted by Crippen LogP contribution is 2.01. The van der Waals surface area contributed by atoms with Crippen LogP contribution in [0.25, 0.3) is 0 Å². The van der Waals surface area contributed by atoms with E-state index >= 15 is 0 Å². The van der Waals surface area contributed by atoms with Gasteiger partial charge in [-0.05, 0) is 32.0 Å². The summed E-state index contributed by atoms with van der Waals surface area (Å²) < 4.78 is 0. The summed E-state index contributed by atoms with van der Waals surface area (Å²) in [5, 5.41) is 2.97. The topological polar surface area (TPSA) is 32.3 Å². The fourth-order valence-electron chi connectivity index (χ4n) is 1.70. The first-order valence-electron chi connectivity index (χ1n) is 6.71. The molecule has 1 aromatic carbocycles. The fraction of sp³-hybridized carbons (Fsp3) is 0.533. The Balaban J connectivity index is 2.05. The molecule has 100 valence electrons.